The average Bonchev–Trinajstić information content (AvgIpc) is 2.73. The van der Waals surface area contributed by atoms with Gasteiger partial charge in [0, 0.05) is 11.1 Å². The summed E-state index contributed by atoms with van der Waals surface area (Å²) in [7, 11) is 0. The van der Waals surface area contributed by atoms with Crippen molar-refractivity contribution in [3.05, 3.63) is 84.5 Å². The van der Waals surface area contributed by atoms with Crippen LogP contribution in [0.5, 0.6) is 17.2 Å². The number of hydrogen-bond acceptors (Lipinski definition) is 4. The standard InChI is InChI=1S/C25H28O4/c1-5-9-21-17-19(18-24(27-7-3)25(21)28-8-4)10-15-23(26)20-11-13-22(14-12-20)29-16-6-2/h5-6,10-15,17-18H,1-2,7-9,16H2,3-4H3/b15-10+. The average molecular weight is 392 g/mol. The molecule has 4 nitrogen and oxygen atoms in total. The zero-order valence-corrected chi connectivity index (χ0v) is 17.1. The van der Waals surface area contributed by atoms with Crippen molar-refractivity contribution in [1.82, 2.24) is 0 Å². The summed E-state index contributed by atoms with van der Waals surface area (Å²) in [5, 5.41) is 0. The highest BCUT2D eigenvalue weighted by Gasteiger charge is 2.12. The molecule has 0 aliphatic carbocycles. The van der Waals surface area contributed by atoms with Crippen LogP contribution in [0.4, 0.5) is 0 Å². The second-order valence-corrected chi connectivity index (χ2v) is 6.19. The zero-order valence-electron chi connectivity index (χ0n) is 17.1. The fourth-order valence-corrected chi connectivity index (χ4v) is 2.80. The molecule has 2 aromatic rings. The van der Waals surface area contributed by atoms with Gasteiger partial charge in [-0.3, -0.25) is 4.79 Å². The van der Waals surface area contributed by atoms with E-state index in [4.69, 9.17) is 14.2 Å². The Labute approximate surface area is 173 Å². The van der Waals surface area contributed by atoms with Crippen molar-refractivity contribution >= 4 is 11.9 Å². The van der Waals surface area contributed by atoms with Crippen LogP contribution in [0, 0.1) is 0 Å². The van der Waals surface area contributed by atoms with Gasteiger partial charge >= 0.3 is 0 Å². The molecule has 0 bridgehead atoms. The van der Waals surface area contributed by atoms with Crippen LogP contribution in [-0.2, 0) is 6.42 Å². The molecule has 0 spiro atoms. The Balaban J connectivity index is 2.24. The Morgan fingerprint density at radius 3 is 2.31 bits per heavy atom. The molecule has 4 heteroatoms. The highest BCUT2D eigenvalue weighted by molar-refractivity contribution is 6.06. The molecule has 2 rings (SSSR count). The van der Waals surface area contributed by atoms with Crippen molar-refractivity contribution in [3.8, 4) is 17.2 Å². The Morgan fingerprint density at radius 2 is 1.69 bits per heavy atom. The smallest absolute Gasteiger partial charge is 0.185 e. The molecule has 152 valence electrons. The van der Waals surface area contributed by atoms with Crippen LogP contribution < -0.4 is 14.2 Å². The first kappa shape index (κ1) is 22.0. The Kier molecular flexibility index (Phi) is 8.77. The third-order valence-corrected chi connectivity index (χ3v) is 4.04. The van der Waals surface area contributed by atoms with Crippen molar-refractivity contribution in [3.63, 3.8) is 0 Å². The van der Waals surface area contributed by atoms with Crippen LogP contribution in [-0.4, -0.2) is 25.6 Å². The largest absolute Gasteiger partial charge is 0.490 e. The molecule has 0 saturated carbocycles. The van der Waals surface area contributed by atoms with Crippen LogP contribution in [0.15, 0.2) is 67.8 Å². The number of hydrogen-bond donors (Lipinski definition) is 0. The summed E-state index contributed by atoms with van der Waals surface area (Å²) in [6, 6.07) is 10.9. The van der Waals surface area contributed by atoms with Crippen LogP contribution in [0.25, 0.3) is 6.08 Å². The Bertz CT molecular complexity index is 863. The summed E-state index contributed by atoms with van der Waals surface area (Å²) in [6.45, 7) is 12.8. The number of rotatable bonds is 12. The lowest BCUT2D eigenvalue weighted by atomic mass is 10.0. The first-order chi connectivity index (χ1) is 14.1. The molecule has 0 saturated heterocycles. The third kappa shape index (κ3) is 6.39. The normalized spacial score (nSPS) is 10.6. The van der Waals surface area contributed by atoms with Crippen LogP contribution in [0.1, 0.15) is 35.3 Å². The van der Waals surface area contributed by atoms with Gasteiger partial charge in [-0.1, -0.05) is 24.8 Å². The lowest BCUT2D eigenvalue weighted by molar-refractivity contribution is 0.104. The Hall–Kier alpha value is -3.27. The maximum Gasteiger partial charge on any atom is 0.185 e. The summed E-state index contributed by atoms with van der Waals surface area (Å²) >= 11 is 0. The first-order valence-corrected chi connectivity index (χ1v) is 9.72. The highest BCUT2D eigenvalue weighted by atomic mass is 16.5. The number of benzene rings is 2. The number of carbonyl (C=O) groups is 1. The topological polar surface area (TPSA) is 44.8 Å². The van der Waals surface area contributed by atoms with Crippen molar-refractivity contribution < 1.29 is 19.0 Å². The molecule has 0 unspecified atom stereocenters. The first-order valence-electron chi connectivity index (χ1n) is 9.72. The number of ketones is 1. The number of ether oxygens (including phenoxy) is 3. The zero-order chi connectivity index (χ0) is 21.1. The molecule has 29 heavy (non-hydrogen) atoms. The maximum atomic E-state index is 12.5. The molecule has 0 N–H and O–H groups in total. The summed E-state index contributed by atoms with van der Waals surface area (Å²) in [4.78, 5) is 12.5. The van der Waals surface area contributed by atoms with Crippen LogP contribution >= 0.6 is 0 Å². The predicted molar refractivity (Wildman–Crippen MR) is 118 cm³/mol. The van der Waals surface area contributed by atoms with E-state index in [0.717, 1.165) is 16.9 Å². The molecule has 0 atom stereocenters. The summed E-state index contributed by atoms with van der Waals surface area (Å²) < 4.78 is 17.0. The molecular formula is C25H28O4. The van der Waals surface area contributed by atoms with Gasteiger partial charge < -0.3 is 14.2 Å². The second-order valence-electron chi connectivity index (χ2n) is 6.19. The van der Waals surface area contributed by atoms with Gasteiger partial charge in [-0.25, -0.2) is 0 Å². The summed E-state index contributed by atoms with van der Waals surface area (Å²) in [5.41, 5.74) is 2.44. The van der Waals surface area contributed by atoms with E-state index in [-0.39, 0.29) is 5.78 Å². The lowest BCUT2D eigenvalue weighted by Gasteiger charge is -2.15. The molecule has 0 fully saturated rings. The van der Waals surface area contributed by atoms with Gasteiger partial charge in [0.2, 0.25) is 0 Å². The molecule has 0 heterocycles. The molecule has 0 aliphatic heterocycles. The molecular weight excluding hydrogens is 364 g/mol. The van der Waals surface area contributed by atoms with Crippen molar-refractivity contribution in [2.45, 2.75) is 20.3 Å². The minimum atomic E-state index is -0.0858. The van der Waals surface area contributed by atoms with Gasteiger partial charge in [-0.05, 0) is 68.3 Å². The SMILES string of the molecule is C=CCOc1ccc(C(=O)/C=C/c2cc(CC=C)c(OCC)c(OCC)c2)cc1. The molecule has 0 radical (unpaired) electrons. The second kappa shape index (κ2) is 11.5. The van der Waals surface area contributed by atoms with Gasteiger partial charge in [-0.15, -0.1) is 6.58 Å². The fraction of sp³-hybridized carbons (Fsp3) is 0.240. The summed E-state index contributed by atoms with van der Waals surface area (Å²) in [6.07, 6.45) is 7.49. The van der Waals surface area contributed by atoms with E-state index in [1.54, 1.807) is 42.5 Å². The molecule has 0 aromatic heterocycles. The van der Waals surface area contributed by atoms with Crippen LogP contribution in [0.3, 0.4) is 0 Å². The fourth-order valence-electron chi connectivity index (χ4n) is 2.80. The quantitative estimate of drug-likeness (QED) is 0.265. The maximum absolute atomic E-state index is 12.5. The number of allylic oxidation sites excluding steroid dienone is 2. The molecule has 2 aromatic carbocycles. The van der Waals surface area contributed by atoms with E-state index in [9.17, 15) is 4.79 Å². The monoisotopic (exact) mass is 392 g/mol. The highest BCUT2D eigenvalue weighted by Crippen LogP contribution is 2.34. The molecule has 0 amide bonds. The van der Waals surface area contributed by atoms with E-state index >= 15 is 0 Å². The minimum absolute atomic E-state index is 0.0858. The summed E-state index contributed by atoms with van der Waals surface area (Å²) in [5.74, 6) is 2.02. The van der Waals surface area contributed by atoms with Crippen molar-refractivity contribution in [2.75, 3.05) is 19.8 Å². The number of carbonyl (C=O) groups excluding carboxylic acids is 1. The van der Waals surface area contributed by atoms with Crippen molar-refractivity contribution in [2.24, 2.45) is 0 Å². The third-order valence-electron chi connectivity index (χ3n) is 4.04. The lowest BCUT2D eigenvalue weighted by Crippen LogP contribution is -2.02. The van der Waals surface area contributed by atoms with E-state index in [1.807, 2.05) is 32.1 Å². The van der Waals surface area contributed by atoms with Gasteiger partial charge in [0.1, 0.15) is 12.4 Å². The van der Waals surface area contributed by atoms with E-state index in [0.29, 0.717) is 43.3 Å². The minimum Gasteiger partial charge on any atom is -0.490 e. The van der Waals surface area contributed by atoms with E-state index < -0.39 is 0 Å². The van der Waals surface area contributed by atoms with Crippen LogP contribution in [0.2, 0.25) is 0 Å². The van der Waals surface area contributed by atoms with Gasteiger partial charge in [0.05, 0.1) is 13.2 Å². The van der Waals surface area contributed by atoms with Gasteiger partial charge in [0.25, 0.3) is 0 Å². The van der Waals surface area contributed by atoms with E-state index in [2.05, 4.69) is 13.2 Å². The predicted octanol–water partition coefficient (Wildman–Crippen LogP) is 5.67. The van der Waals surface area contributed by atoms with Crippen molar-refractivity contribution in [1.29, 1.82) is 0 Å². The Morgan fingerprint density at radius 1 is 0.966 bits per heavy atom. The van der Waals surface area contributed by atoms with Gasteiger partial charge in [0.15, 0.2) is 17.3 Å². The van der Waals surface area contributed by atoms with E-state index in [1.165, 1.54) is 0 Å². The molecule has 0 aliphatic rings. The van der Waals surface area contributed by atoms with Gasteiger partial charge in [-0.2, -0.15) is 0 Å².